The Morgan fingerprint density at radius 2 is 1.72 bits per heavy atom. The van der Waals surface area contributed by atoms with Gasteiger partial charge >= 0.3 is 0 Å². The van der Waals surface area contributed by atoms with Gasteiger partial charge < -0.3 is 15.3 Å². The molecule has 2 aromatic rings. The predicted octanol–water partition coefficient (Wildman–Crippen LogP) is 1.66. The summed E-state index contributed by atoms with van der Waals surface area (Å²) in [6.45, 7) is 0. The smallest absolute Gasteiger partial charge is 0.243 e. The molecule has 7 nitrogen and oxygen atoms in total. The van der Waals surface area contributed by atoms with Crippen molar-refractivity contribution >= 4 is 15.8 Å². The Balaban J connectivity index is 1.73. The van der Waals surface area contributed by atoms with Crippen molar-refractivity contribution in [1.29, 1.82) is 0 Å². The summed E-state index contributed by atoms with van der Waals surface area (Å²) >= 11 is 0. The van der Waals surface area contributed by atoms with Gasteiger partial charge in [0.1, 0.15) is 11.9 Å². The largest absolute Gasteiger partial charge is 0.508 e. The van der Waals surface area contributed by atoms with E-state index in [1.54, 1.807) is 30.3 Å². The molecule has 29 heavy (non-hydrogen) atoms. The third-order valence-electron chi connectivity index (χ3n) is 4.26. The van der Waals surface area contributed by atoms with Gasteiger partial charge in [0.25, 0.3) is 0 Å². The molecule has 0 aromatic heterocycles. The lowest BCUT2D eigenvalue weighted by Gasteiger charge is -2.31. The number of phenols is 1. The second-order valence-corrected chi connectivity index (χ2v) is 8.12. The molecule has 0 spiro atoms. The normalized spacial score (nSPS) is 21.9. The van der Waals surface area contributed by atoms with Crippen LogP contribution in [0.5, 0.6) is 5.75 Å². The van der Waals surface area contributed by atoms with Gasteiger partial charge in [-0.25, -0.2) is 8.42 Å². The maximum absolute atomic E-state index is 12.4. The molecule has 0 radical (unpaired) electrons. The van der Waals surface area contributed by atoms with E-state index in [-0.39, 0.29) is 16.4 Å². The fourth-order valence-electron chi connectivity index (χ4n) is 2.66. The fraction of sp³-hybridized carbons (Fsp3) is 0.0952. The summed E-state index contributed by atoms with van der Waals surface area (Å²) in [6, 6.07) is 13.3. The van der Waals surface area contributed by atoms with Gasteiger partial charge in [-0.05, 0) is 48.1 Å². The molecule has 2 atom stereocenters. The number of carbonyl (C=O) groups is 1. The minimum atomic E-state index is -4.17. The minimum Gasteiger partial charge on any atom is -0.508 e. The number of aliphatic hydroxyl groups excluding tert-OH is 1. The molecule has 2 unspecified atom stereocenters. The fourth-order valence-corrected chi connectivity index (χ4v) is 3.89. The van der Waals surface area contributed by atoms with Crippen LogP contribution in [0.1, 0.15) is 10.4 Å². The van der Waals surface area contributed by atoms with Crippen molar-refractivity contribution in [3.8, 4) is 5.75 Å². The number of ketones is 1. The number of hydrogen-bond donors (Lipinski definition) is 4. The Labute approximate surface area is 168 Å². The van der Waals surface area contributed by atoms with Gasteiger partial charge in [0.2, 0.25) is 10.0 Å². The molecule has 2 aromatic carbocycles. The molecule has 0 heterocycles. The van der Waals surface area contributed by atoms with Crippen LogP contribution in [0.15, 0.2) is 95.4 Å². The van der Waals surface area contributed by atoms with Gasteiger partial charge in [0.15, 0.2) is 11.5 Å². The Kier molecular flexibility index (Phi) is 5.81. The Morgan fingerprint density at radius 1 is 1.07 bits per heavy atom. The second kappa shape index (κ2) is 8.14. The van der Waals surface area contributed by atoms with Crippen molar-refractivity contribution in [3.05, 3.63) is 96.1 Å². The van der Waals surface area contributed by atoms with E-state index in [2.05, 4.69) is 0 Å². The zero-order valence-corrected chi connectivity index (χ0v) is 16.0. The van der Waals surface area contributed by atoms with Gasteiger partial charge in [-0.15, -0.1) is 0 Å². The third kappa shape index (κ3) is 4.87. The van der Waals surface area contributed by atoms with E-state index in [1.807, 2.05) is 4.72 Å². The van der Waals surface area contributed by atoms with Gasteiger partial charge in [0.05, 0.1) is 4.90 Å². The maximum Gasteiger partial charge on any atom is 0.243 e. The quantitative estimate of drug-likeness (QED) is 0.324. The zero-order valence-electron chi connectivity index (χ0n) is 15.1. The maximum atomic E-state index is 12.4. The SMILES string of the molecule is O=C(C=CC1=CC(O)C(O)(NS(=O)(=O)c2ccc(O)cc2)C=C1)c1ccccc1. The average molecular weight is 413 g/mol. The Bertz CT molecular complexity index is 1090. The van der Waals surface area contributed by atoms with Crippen LogP contribution < -0.4 is 4.72 Å². The summed E-state index contributed by atoms with van der Waals surface area (Å²) < 4.78 is 26.9. The summed E-state index contributed by atoms with van der Waals surface area (Å²) in [6.07, 6.45) is 4.91. The lowest BCUT2D eigenvalue weighted by molar-refractivity contribution is -0.0240. The summed E-state index contributed by atoms with van der Waals surface area (Å²) in [5.74, 6) is -0.340. The van der Waals surface area contributed by atoms with E-state index in [9.17, 15) is 28.5 Å². The molecule has 0 amide bonds. The Hall–Kier alpha value is -3.04. The molecule has 0 fully saturated rings. The van der Waals surface area contributed by atoms with Crippen LogP contribution in [-0.4, -0.2) is 41.3 Å². The highest BCUT2D eigenvalue weighted by molar-refractivity contribution is 7.89. The number of allylic oxidation sites excluding steroid dienone is 4. The summed E-state index contributed by atoms with van der Waals surface area (Å²) in [7, 11) is -4.17. The second-order valence-electron chi connectivity index (χ2n) is 6.43. The number of rotatable bonds is 6. The molecule has 0 saturated carbocycles. The van der Waals surface area contributed by atoms with Crippen LogP contribution in [0.3, 0.4) is 0 Å². The molecule has 4 N–H and O–H groups in total. The molecule has 0 bridgehead atoms. The number of aromatic hydroxyl groups is 1. The van der Waals surface area contributed by atoms with Crippen molar-refractivity contribution in [3.63, 3.8) is 0 Å². The number of benzene rings is 2. The summed E-state index contributed by atoms with van der Waals surface area (Å²) in [5, 5.41) is 30.1. The third-order valence-corrected chi connectivity index (χ3v) is 5.75. The van der Waals surface area contributed by atoms with Crippen molar-refractivity contribution < 1.29 is 28.5 Å². The molecule has 150 valence electrons. The lowest BCUT2D eigenvalue weighted by atomic mass is 9.97. The molecule has 8 heteroatoms. The molecular weight excluding hydrogens is 394 g/mol. The van der Waals surface area contributed by atoms with E-state index < -0.39 is 21.9 Å². The monoisotopic (exact) mass is 413 g/mol. The number of nitrogens with one attached hydrogen (secondary N) is 1. The molecular formula is C21H19NO6S. The van der Waals surface area contributed by atoms with Gasteiger partial charge in [-0.3, -0.25) is 4.79 Å². The standard InChI is InChI=1S/C21H19NO6S/c23-17-7-9-18(10-8-17)29(27,28)22-21(26)13-12-15(14-20(21)25)6-11-19(24)16-4-2-1-3-5-16/h1-14,20,22-23,25-26H. The van der Waals surface area contributed by atoms with Gasteiger partial charge in [0, 0.05) is 5.56 Å². The van der Waals surface area contributed by atoms with E-state index in [1.165, 1.54) is 48.6 Å². The molecule has 0 aliphatic heterocycles. The first-order valence-electron chi connectivity index (χ1n) is 8.62. The molecule has 0 saturated heterocycles. The summed E-state index contributed by atoms with van der Waals surface area (Å²) in [4.78, 5) is 11.9. The molecule has 3 rings (SSSR count). The predicted molar refractivity (Wildman–Crippen MR) is 107 cm³/mol. The first-order valence-corrected chi connectivity index (χ1v) is 10.1. The van der Waals surface area contributed by atoms with Crippen molar-refractivity contribution in [2.24, 2.45) is 0 Å². The van der Waals surface area contributed by atoms with Gasteiger partial charge in [-0.2, -0.15) is 4.72 Å². The highest BCUT2D eigenvalue weighted by Gasteiger charge is 2.38. The van der Waals surface area contributed by atoms with Gasteiger partial charge in [-0.1, -0.05) is 42.5 Å². The van der Waals surface area contributed by atoms with Crippen LogP contribution in [0.2, 0.25) is 0 Å². The number of sulfonamides is 1. The highest BCUT2D eigenvalue weighted by atomic mass is 32.2. The van der Waals surface area contributed by atoms with Crippen LogP contribution in [-0.2, 0) is 10.0 Å². The lowest BCUT2D eigenvalue weighted by Crippen LogP contribution is -2.55. The van der Waals surface area contributed by atoms with Crippen LogP contribution >= 0.6 is 0 Å². The molecule has 1 aliphatic carbocycles. The first-order chi connectivity index (χ1) is 13.7. The van der Waals surface area contributed by atoms with Crippen molar-refractivity contribution in [2.75, 3.05) is 0 Å². The van der Waals surface area contributed by atoms with E-state index in [4.69, 9.17) is 0 Å². The average Bonchev–Trinajstić information content (AvgIpc) is 2.69. The van der Waals surface area contributed by atoms with E-state index in [0.717, 1.165) is 6.08 Å². The Morgan fingerprint density at radius 3 is 2.34 bits per heavy atom. The van der Waals surface area contributed by atoms with Crippen molar-refractivity contribution in [1.82, 2.24) is 4.72 Å². The van der Waals surface area contributed by atoms with Crippen LogP contribution in [0, 0.1) is 0 Å². The van der Waals surface area contributed by atoms with Crippen LogP contribution in [0.4, 0.5) is 0 Å². The molecule has 1 aliphatic rings. The van der Waals surface area contributed by atoms with E-state index >= 15 is 0 Å². The number of phenolic OH excluding ortho intramolecular Hbond substituents is 1. The number of hydrogen-bond acceptors (Lipinski definition) is 6. The van der Waals surface area contributed by atoms with E-state index in [0.29, 0.717) is 11.1 Å². The summed E-state index contributed by atoms with van der Waals surface area (Å²) in [5.41, 5.74) is -1.34. The number of aliphatic hydroxyl groups is 2. The highest BCUT2D eigenvalue weighted by Crippen LogP contribution is 2.23. The number of carbonyl (C=O) groups excluding carboxylic acids is 1. The zero-order chi connectivity index (χ0) is 21.1. The van der Waals surface area contributed by atoms with Crippen LogP contribution in [0.25, 0.3) is 0 Å². The topological polar surface area (TPSA) is 124 Å². The minimum absolute atomic E-state index is 0.107. The van der Waals surface area contributed by atoms with Crippen molar-refractivity contribution in [2.45, 2.75) is 16.7 Å². The first kappa shape index (κ1) is 20.7.